The van der Waals surface area contributed by atoms with E-state index in [-0.39, 0.29) is 17.8 Å². The van der Waals surface area contributed by atoms with Crippen molar-refractivity contribution in [1.82, 2.24) is 14.7 Å². The van der Waals surface area contributed by atoms with Gasteiger partial charge in [0, 0.05) is 30.6 Å². The molecule has 130 valence electrons. The SMILES string of the molecule is Cc1c(C(=O)NC[C@@H]2CCCO2)sc2nc(-c3ccc(F)cc3)cn12. The van der Waals surface area contributed by atoms with Crippen molar-refractivity contribution in [2.45, 2.75) is 25.9 Å². The van der Waals surface area contributed by atoms with E-state index in [0.29, 0.717) is 11.4 Å². The van der Waals surface area contributed by atoms with Crippen molar-refractivity contribution in [2.24, 2.45) is 0 Å². The summed E-state index contributed by atoms with van der Waals surface area (Å²) in [6.45, 7) is 3.22. The van der Waals surface area contributed by atoms with Crippen molar-refractivity contribution in [3.63, 3.8) is 0 Å². The van der Waals surface area contributed by atoms with Crippen molar-refractivity contribution < 1.29 is 13.9 Å². The molecule has 0 saturated carbocycles. The molecule has 1 saturated heterocycles. The zero-order chi connectivity index (χ0) is 17.4. The highest BCUT2D eigenvalue weighted by molar-refractivity contribution is 7.19. The Labute approximate surface area is 148 Å². The number of hydrogen-bond acceptors (Lipinski definition) is 4. The van der Waals surface area contributed by atoms with Crippen LogP contribution in [0.1, 0.15) is 28.2 Å². The minimum Gasteiger partial charge on any atom is -0.376 e. The number of fused-ring (bicyclic) bond motifs is 1. The Kier molecular flexibility index (Phi) is 4.27. The molecule has 25 heavy (non-hydrogen) atoms. The summed E-state index contributed by atoms with van der Waals surface area (Å²) >= 11 is 1.36. The van der Waals surface area contributed by atoms with Crippen LogP contribution in [0.2, 0.25) is 0 Å². The molecule has 3 aromatic rings. The third kappa shape index (κ3) is 3.17. The molecule has 7 heteroatoms. The summed E-state index contributed by atoms with van der Waals surface area (Å²) < 4.78 is 20.5. The van der Waals surface area contributed by atoms with E-state index in [9.17, 15) is 9.18 Å². The molecule has 0 bridgehead atoms. The van der Waals surface area contributed by atoms with Crippen LogP contribution in [-0.4, -0.2) is 34.5 Å². The molecular weight excluding hydrogens is 341 g/mol. The van der Waals surface area contributed by atoms with Crippen LogP contribution in [0.15, 0.2) is 30.5 Å². The van der Waals surface area contributed by atoms with Gasteiger partial charge in [0.15, 0.2) is 4.96 Å². The molecule has 1 aromatic carbocycles. The zero-order valence-corrected chi connectivity index (χ0v) is 14.6. The number of aryl methyl sites for hydroxylation is 1. The highest BCUT2D eigenvalue weighted by atomic mass is 32.1. The highest BCUT2D eigenvalue weighted by Crippen LogP contribution is 2.27. The molecule has 1 aliphatic heterocycles. The molecule has 4 rings (SSSR count). The van der Waals surface area contributed by atoms with Crippen molar-refractivity contribution in [3.05, 3.63) is 46.9 Å². The Morgan fingerprint density at radius 3 is 2.92 bits per heavy atom. The molecule has 5 nitrogen and oxygen atoms in total. The van der Waals surface area contributed by atoms with E-state index in [0.717, 1.165) is 41.4 Å². The standard InChI is InChI=1S/C18H18FN3O2S/c1-11-16(17(23)20-9-14-3-2-8-24-14)25-18-21-15(10-22(11)18)12-4-6-13(19)7-5-12/h4-7,10,14H,2-3,8-9H2,1H3,(H,20,23)/t14-/m0/s1. The van der Waals surface area contributed by atoms with Crippen LogP contribution < -0.4 is 5.32 Å². The number of amides is 1. The molecule has 0 radical (unpaired) electrons. The maximum Gasteiger partial charge on any atom is 0.263 e. The Bertz CT molecular complexity index is 910. The second-order valence-corrected chi connectivity index (χ2v) is 7.12. The molecular formula is C18H18FN3O2S. The van der Waals surface area contributed by atoms with Gasteiger partial charge in [-0.25, -0.2) is 9.37 Å². The number of benzene rings is 1. The maximum atomic E-state index is 13.1. The van der Waals surface area contributed by atoms with Gasteiger partial charge in [-0.3, -0.25) is 9.20 Å². The smallest absolute Gasteiger partial charge is 0.263 e. The van der Waals surface area contributed by atoms with Crippen LogP contribution in [0.3, 0.4) is 0 Å². The predicted molar refractivity (Wildman–Crippen MR) is 94.5 cm³/mol. The Balaban J connectivity index is 1.55. The second kappa shape index (κ2) is 6.57. The van der Waals surface area contributed by atoms with Gasteiger partial charge in [0.2, 0.25) is 0 Å². The quantitative estimate of drug-likeness (QED) is 0.777. The normalized spacial score (nSPS) is 17.3. The number of ether oxygens (including phenoxy) is 1. The van der Waals surface area contributed by atoms with Gasteiger partial charge in [0.25, 0.3) is 5.91 Å². The van der Waals surface area contributed by atoms with Gasteiger partial charge in [0.1, 0.15) is 10.7 Å². The van der Waals surface area contributed by atoms with Crippen LogP contribution in [-0.2, 0) is 4.74 Å². The lowest BCUT2D eigenvalue weighted by Crippen LogP contribution is -2.31. The number of rotatable bonds is 4. The fourth-order valence-electron chi connectivity index (χ4n) is 3.01. The number of halogens is 1. The Morgan fingerprint density at radius 2 is 2.24 bits per heavy atom. The average molecular weight is 359 g/mol. The van der Waals surface area contributed by atoms with E-state index in [4.69, 9.17) is 4.74 Å². The summed E-state index contributed by atoms with van der Waals surface area (Å²) in [6.07, 6.45) is 4.05. The summed E-state index contributed by atoms with van der Waals surface area (Å²) in [4.78, 5) is 18.4. The van der Waals surface area contributed by atoms with Gasteiger partial charge in [-0.15, -0.1) is 0 Å². The molecule has 2 aromatic heterocycles. The van der Waals surface area contributed by atoms with Gasteiger partial charge in [-0.1, -0.05) is 11.3 Å². The van der Waals surface area contributed by atoms with E-state index >= 15 is 0 Å². The van der Waals surface area contributed by atoms with Crippen LogP contribution in [0.4, 0.5) is 4.39 Å². The average Bonchev–Trinajstić information content (AvgIpc) is 3.32. The number of nitrogens with zero attached hydrogens (tertiary/aromatic N) is 2. The van der Waals surface area contributed by atoms with Crippen molar-refractivity contribution >= 4 is 22.2 Å². The van der Waals surface area contributed by atoms with Crippen molar-refractivity contribution in [1.29, 1.82) is 0 Å². The highest BCUT2D eigenvalue weighted by Gasteiger charge is 2.20. The number of thiazole rings is 1. The first-order valence-electron chi connectivity index (χ1n) is 8.26. The summed E-state index contributed by atoms with van der Waals surface area (Å²) in [5.74, 6) is -0.363. The van der Waals surface area contributed by atoms with Crippen LogP contribution in [0, 0.1) is 12.7 Å². The van der Waals surface area contributed by atoms with Crippen molar-refractivity contribution in [2.75, 3.05) is 13.2 Å². The van der Waals surface area contributed by atoms with Crippen molar-refractivity contribution in [3.8, 4) is 11.3 Å². The van der Waals surface area contributed by atoms with Gasteiger partial charge in [0.05, 0.1) is 11.8 Å². The van der Waals surface area contributed by atoms with E-state index in [1.807, 2.05) is 17.5 Å². The summed E-state index contributed by atoms with van der Waals surface area (Å²) in [5.41, 5.74) is 2.47. The summed E-state index contributed by atoms with van der Waals surface area (Å²) in [6, 6.07) is 6.23. The number of hydrogen-bond donors (Lipinski definition) is 1. The number of carbonyl (C=O) groups is 1. The number of nitrogens with one attached hydrogen (secondary N) is 1. The molecule has 0 unspecified atom stereocenters. The minimum absolute atomic E-state index is 0.0909. The largest absolute Gasteiger partial charge is 0.376 e. The van der Waals surface area contributed by atoms with E-state index in [1.165, 1.54) is 23.5 Å². The van der Waals surface area contributed by atoms with Crippen LogP contribution >= 0.6 is 11.3 Å². The molecule has 1 amide bonds. The predicted octanol–water partition coefficient (Wildman–Crippen LogP) is 3.42. The molecule has 3 heterocycles. The first-order valence-corrected chi connectivity index (χ1v) is 9.07. The molecule has 1 fully saturated rings. The maximum absolute atomic E-state index is 13.1. The van der Waals surface area contributed by atoms with Gasteiger partial charge < -0.3 is 10.1 Å². The number of imidazole rings is 1. The lowest BCUT2D eigenvalue weighted by Gasteiger charge is -2.10. The van der Waals surface area contributed by atoms with E-state index in [1.54, 1.807) is 12.1 Å². The second-order valence-electron chi connectivity index (χ2n) is 6.15. The van der Waals surface area contributed by atoms with Crippen LogP contribution in [0.5, 0.6) is 0 Å². The van der Waals surface area contributed by atoms with Gasteiger partial charge in [-0.2, -0.15) is 0 Å². The van der Waals surface area contributed by atoms with Crippen LogP contribution in [0.25, 0.3) is 16.2 Å². The summed E-state index contributed by atoms with van der Waals surface area (Å²) in [5, 5.41) is 2.95. The third-order valence-electron chi connectivity index (χ3n) is 4.42. The molecule has 0 spiro atoms. The topological polar surface area (TPSA) is 55.6 Å². The Hall–Kier alpha value is -2.25. The lowest BCUT2D eigenvalue weighted by molar-refractivity contribution is 0.0860. The minimum atomic E-state index is -0.272. The monoisotopic (exact) mass is 359 g/mol. The number of carbonyl (C=O) groups excluding carboxylic acids is 1. The van der Waals surface area contributed by atoms with Gasteiger partial charge in [-0.05, 0) is 44.0 Å². The fourth-order valence-corrected chi connectivity index (χ4v) is 4.04. The molecule has 0 aliphatic carbocycles. The molecule has 1 aliphatic rings. The van der Waals surface area contributed by atoms with E-state index < -0.39 is 0 Å². The van der Waals surface area contributed by atoms with E-state index in [2.05, 4.69) is 10.3 Å². The third-order valence-corrected chi connectivity index (χ3v) is 5.57. The number of aromatic nitrogens is 2. The molecule has 1 atom stereocenters. The first-order chi connectivity index (χ1) is 12.1. The summed E-state index contributed by atoms with van der Waals surface area (Å²) in [7, 11) is 0. The zero-order valence-electron chi connectivity index (χ0n) is 13.8. The first kappa shape index (κ1) is 16.2. The molecule has 1 N–H and O–H groups in total. The fraction of sp³-hybridized carbons (Fsp3) is 0.333. The lowest BCUT2D eigenvalue weighted by atomic mass is 10.2. The Morgan fingerprint density at radius 1 is 1.44 bits per heavy atom. The van der Waals surface area contributed by atoms with Gasteiger partial charge >= 0.3 is 0 Å².